The molecule has 0 bridgehead atoms. The zero-order chi connectivity index (χ0) is 17.0. The molecule has 6 heteroatoms. The molecule has 1 aliphatic rings. The number of hydrogen-bond acceptors (Lipinski definition) is 4. The van der Waals surface area contributed by atoms with E-state index in [0.29, 0.717) is 5.56 Å². The maximum atomic E-state index is 12.0. The summed E-state index contributed by atoms with van der Waals surface area (Å²) in [7, 11) is 0.893. The summed E-state index contributed by atoms with van der Waals surface area (Å²) < 4.78 is 17.1. The van der Waals surface area contributed by atoms with Crippen LogP contribution in [0.1, 0.15) is 43.6 Å². The Bertz CT molecular complexity index is 762. The van der Waals surface area contributed by atoms with Crippen LogP contribution in [0.2, 0.25) is 0 Å². The number of nitrogens with one attached hydrogen (secondary N) is 1. The molecule has 0 amide bonds. The van der Waals surface area contributed by atoms with Gasteiger partial charge in [-0.15, -0.1) is 0 Å². The molecule has 1 aliphatic heterocycles. The lowest BCUT2D eigenvalue weighted by Gasteiger charge is -2.32. The van der Waals surface area contributed by atoms with E-state index in [-0.39, 0.29) is 5.97 Å². The minimum Gasteiger partial charge on any atom is -0.465 e. The van der Waals surface area contributed by atoms with Crippen molar-refractivity contribution in [2.75, 3.05) is 7.11 Å². The third kappa shape index (κ3) is 2.37. The summed E-state index contributed by atoms with van der Waals surface area (Å²) in [5.74, 6) is -0.364. The van der Waals surface area contributed by atoms with E-state index >= 15 is 0 Å². The molecule has 5 nitrogen and oxygen atoms in total. The maximum Gasteiger partial charge on any atom is 0.512 e. The molecule has 0 radical (unpaired) electrons. The van der Waals surface area contributed by atoms with Crippen molar-refractivity contribution >= 4 is 29.6 Å². The van der Waals surface area contributed by atoms with Crippen LogP contribution < -0.4 is 5.59 Å². The van der Waals surface area contributed by atoms with Crippen molar-refractivity contribution in [1.29, 1.82) is 0 Å². The van der Waals surface area contributed by atoms with Crippen LogP contribution in [0.15, 0.2) is 18.2 Å². The largest absolute Gasteiger partial charge is 0.512 e. The number of para-hydroxylation sites is 1. The molecule has 0 atom stereocenters. The summed E-state index contributed by atoms with van der Waals surface area (Å²) in [6.07, 6.45) is 0. The Labute approximate surface area is 136 Å². The molecule has 122 valence electrons. The summed E-state index contributed by atoms with van der Waals surface area (Å²) >= 11 is 0. The number of esters is 1. The zero-order valence-electron chi connectivity index (χ0n) is 14.4. The van der Waals surface area contributed by atoms with E-state index in [1.165, 1.54) is 7.11 Å². The van der Waals surface area contributed by atoms with Crippen molar-refractivity contribution in [1.82, 2.24) is 4.98 Å². The lowest BCUT2D eigenvalue weighted by molar-refractivity contribution is 0.00578. The standard InChI is InChI=1S/C17H22BNO4/c1-10-11-8-7-9-12(15(20)21-6)13(11)19-14(10)18-22-16(2,3)17(4,5)23-18/h7-9,19H,1-6H3. The molecular formula is C17H22BNO4. The van der Waals surface area contributed by atoms with Gasteiger partial charge < -0.3 is 19.0 Å². The van der Waals surface area contributed by atoms with Crippen LogP contribution in [-0.4, -0.2) is 36.4 Å². The number of fused-ring (bicyclic) bond motifs is 1. The smallest absolute Gasteiger partial charge is 0.465 e. The monoisotopic (exact) mass is 315 g/mol. The Kier molecular flexibility index (Phi) is 3.57. The van der Waals surface area contributed by atoms with E-state index in [1.54, 1.807) is 6.07 Å². The van der Waals surface area contributed by atoms with E-state index in [2.05, 4.69) is 4.98 Å². The lowest BCUT2D eigenvalue weighted by Crippen LogP contribution is -2.41. The third-order valence-corrected chi connectivity index (χ3v) is 5.03. The SMILES string of the molecule is COC(=O)c1cccc2c(C)c(B3OC(C)(C)C(C)(C)O3)[nH]c12. The predicted molar refractivity (Wildman–Crippen MR) is 90.1 cm³/mol. The van der Waals surface area contributed by atoms with E-state index in [4.69, 9.17) is 14.0 Å². The van der Waals surface area contributed by atoms with Crippen molar-refractivity contribution in [2.24, 2.45) is 0 Å². The van der Waals surface area contributed by atoms with Gasteiger partial charge >= 0.3 is 13.1 Å². The van der Waals surface area contributed by atoms with Crippen LogP contribution in [0.5, 0.6) is 0 Å². The first-order chi connectivity index (χ1) is 10.7. The van der Waals surface area contributed by atoms with Crippen LogP contribution in [0.25, 0.3) is 10.9 Å². The van der Waals surface area contributed by atoms with Gasteiger partial charge in [0.2, 0.25) is 0 Å². The number of carbonyl (C=O) groups excluding carboxylic acids is 1. The number of methoxy groups -OCH3 is 1. The minimum absolute atomic E-state index is 0.364. The summed E-state index contributed by atoms with van der Waals surface area (Å²) in [5, 5.41) is 0.970. The summed E-state index contributed by atoms with van der Waals surface area (Å²) in [4.78, 5) is 15.3. The molecule has 1 aromatic heterocycles. The number of carbonyl (C=O) groups is 1. The highest BCUT2D eigenvalue weighted by Crippen LogP contribution is 2.37. The van der Waals surface area contributed by atoms with Crippen molar-refractivity contribution in [3.63, 3.8) is 0 Å². The maximum absolute atomic E-state index is 12.0. The summed E-state index contributed by atoms with van der Waals surface area (Å²) in [6, 6.07) is 5.57. The molecule has 1 fully saturated rings. The Morgan fingerprint density at radius 2 is 1.78 bits per heavy atom. The number of rotatable bonds is 2. The van der Waals surface area contributed by atoms with Crippen LogP contribution in [0, 0.1) is 6.92 Å². The van der Waals surface area contributed by atoms with E-state index < -0.39 is 18.3 Å². The predicted octanol–water partition coefficient (Wildman–Crippen LogP) is 2.56. The van der Waals surface area contributed by atoms with Crippen LogP contribution >= 0.6 is 0 Å². The van der Waals surface area contributed by atoms with Gasteiger partial charge in [-0.2, -0.15) is 0 Å². The average Bonchev–Trinajstić information content (AvgIpc) is 2.92. The Balaban J connectivity index is 2.11. The number of ether oxygens (including phenoxy) is 1. The number of aromatic amines is 1. The van der Waals surface area contributed by atoms with Gasteiger partial charge in [0.05, 0.1) is 29.4 Å². The highest BCUT2D eigenvalue weighted by molar-refractivity contribution is 6.62. The molecule has 1 saturated heterocycles. The van der Waals surface area contributed by atoms with Gasteiger partial charge in [-0.25, -0.2) is 4.79 Å². The van der Waals surface area contributed by atoms with Crippen LogP contribution in [-0.2, 0) is 14.0 Å². The van der Waals surface area contributed by atoms with Crippen molar-refractivity contribution in [3.05, 3.63) is 29.3 Å². The fourth-order valence-corrected chi connectivity index (χ4v) is 2.85. The second-order valence-corrected chi connectivity index (χ2v) is 6.97. The molecule has 1 aromatic carbocycles. The fraction of sp³-hybridized carbons (Fsp3) is 0.471. The summed E-state index contributed by atoms with van der Waals surface area (Å²) in [5.41, 5.74) is 2.30. The Hall–Kier alpha value is -1.79. The molecule has 1 N–H and O–H groups in total. The van der Waals surface area contributed by atoms with E-state index in [9.17, 15) is 4.79 Å². The second kappa shape index (κ2) is 5.11. The van der Waals surface area contributed by atoms with Crippen molar-refractivity contribution in [2.45, 2.75) is 45.8 Å². The van der Waals surface area contributed by atoms with Gasteiger partial charge in [-0.05, 0) is 46.2 Å². The molecule has 23 heavy (non-hydrogen) atoms. The van der Waals surface area contributed by atoms with Gasteiger partial charge in [0.15, 0.2) is 0 Å². The highest BCUT2D eigenvalue weighted by Gasteiger charge is 2.52. The van der Waals surface area contributed by atoms with E-state index in [0.717, 1.165) is 22.1 Å². The first-order valence-electron chi connectivity index (χ1n) is 7.73. The molecule has 3 rings (SSSR count). The molecular weight excluding hydrogens is 293 g/mol. The van der Waals surface area contributed by atoms with Gasteiger partial charge in [-0.1, -0.05) is 12.1 Å². The normalized spacial score (nSPS) is 19.3. The minimum atomic E-state index is -0.488. The number of aryl methyl sites for hydroxylation is 1. The summed E-state index contributed by atoms with van der Waals surface area (Å²) in [6.45, 7) is 10.1. The molecule has 0 saturated carbocycles. The average molecular weight is 315 g/mol. The second-order valence-electron chi connectivity index (χ2n) is 6.97. The molecule has 2 heterocycles. The third-order valence-electron chi connectivity index (χ3n) is 5.03. The first-order valence-corrected chi connectivity index (χ1v) is 7.73. The lowest BCUT2D eigenvalue weighted by atomic mass is 9.82. The fourth-order valence-electron chi connectivity index (χ4n) is 2.85. The number of benzene rings is 1. The van der Waals surface area contributed by atoms with Crippen molar-refractivity contribution in [3.8, 4) is 0 Å². The molecule has 0 aliphatic carbocycles. The zero-order valence-corrected chi connectivity index (χ0v) is 14.4. The van der Waals surface area contributed by atoms with Gasteiger partial charge in [-0.3, -0.25) is 0 Å². The first kappa shape index (κ1) is 16.1. The van der Waals surface area contributed by atoms with Gasteiger partial charge in [0.25, 0.3) is 0 Å². The number of H-pyrrole nitrogens is 1. The van der Waals surface area contributed by atoms with Gasteiger partial charge in [0, 0.05) is 11.0 Å². The Morgan fingerprint density at radius 3 is 2.35 bits per heavy atom. The highest BCUT2D eigenvalue weighted by atomic mass is 16.7. The molecule has 2 aromatic rings. The quantitative estimate of drug-likeness (QED) is 0.683. The van der Waals surface area contributed by atoms with Gasteiger partial charge in [0.1, 0.15) is 0 Å². The number of aromatic nitrogens is 1. The van der Waals surface area contributed by atoms with Crippen molar-refractivity contribution < 1.29 is 18.8 Å². The molecule has 0 unspecified atom stereocenters. The molecule has 0 spiro atoms. The van der Waals surface area contributed by atoms with E-state index in [1.807, 2.05) is 46.8 Å². The number of hydrogen-bond donors (Lipinski definition) is 1. The topological polar surface area (TPSA) is 60.6 Å². The van der Waals surface area contributed by atoms with Crippen LogP contribution in [0.4, 0.5) is 0 Å². The Morgan fingerprint density at radius 1 is 1.17 bits per heavy atom. The van der Waals surface area contributed by atoms with Crippen LogP contribution in [0.3, 0.4) is 0 Å².